The monoisotopic (exact) mass is 330 g/mol. The van der Waals surface area contributed by atoms with Crippen molar-refractivity contribution in [1.29, 1.82) is 0 Å². The maximum atomic E-state index is 11.9. The quantitative estimate of drug-likeness (QED) is 0.663. The highest BCUT2D eigenvalue weighted by Crippen LogP contribution is 2.30. The van der Waals surface area contributed by atoms with Crippen LogP contribution in [0.1, 0.15) is 24.5 Å². The Hall–Kier alpha value is -2.87. The van der Waals surface area contributed by atoms with Crippen molar-refractivity contribution >= 4 is 5.97 Å². The van der Waals surface area contributed by atoms with Crippen molar-refractivity contribution in [3.05, 3.63) is 96.1 Å². The van der Waals surface area contributed by atoms with Crippen molar-refractivity contribution in [2.75, 3.05) is 0 Å². The molecule has 126 valence electrons. The van der Waals surface area contributed by atoms with Gasteiger partial charge in [0.25, 0.3) is 0 Å². The fourth-order valence-electron chi connectivity index (χ4n) is 3.07. The summed E-state index contributed by atoms with van der Waals surface area (Å²) in [6.45, 7) is 1.81. The Kier molecular flexibility index (Phi) is 4.99. The number of aliphatic carboxylic acids is 1. The van der Waals surface area contributed by atoms with E-state index < -0.39 is 11.4 Å². The van der Waals surface area contributed by atoms with E-state index >= 15 is 0 Å². The first kappa shape index (κ1) is 17.0. The summed E-state index contributed by atoms with van der Waals surface area (Å²) in [7, 11) is 0. The number of hydrogen-bond donors (Lipinski definition) is 1. The van der Waals surface area contributed by atoms with E-state index in [9.17, 15) is 9.90 Å². The summed E-state index contributed by atoms with van der Waals surface area (Å²) in [4.78, 5) is 11.9. The molecule has 1 unspecified atom stereocenters. The summed E-state index contributed by atoms with van der Waals surface area (Å²) in [5.74, 6) is -0.778. The predicted molar refractivity (Wildman–Crippen MR) is 102 cm³/mol. The first-order valence-electron chi connectivity index (χ1n) is 8.53. The molecule has 3 aromatic rings. The summed E-state index contributed by atoms with van der Waals surface area (Å²) >= 11 is 0. The Morgan fingerprint density at radius 2 is 1.32 bits per heavy atom. The van der Waals surface area contributed by atoms with Gasteiger partial charge in [-0.1, -0.05) is 84.9 Å². The Balaban J connectivity index is 1.75. The molecule has 0 aliphatic carbocycles. The van der Waals surface area contributed by atoms with Gasteiger partial charge in [0.05, 0.1) is 5.41 Å². The molecule has 1 N–H and O–H groups in total. The molecular formula is C23H22O2. The second-order valence-electron chi connectivity index (χ2n) is 6.57. The van der Waals surface area contributed by atoms with Crippen LogP contribution in [0.3, 0.4) is 0 Å². The highest BCUT2D eigenvalue weighted by molar-refractivity contribution is 5.80. The van der Waals surface area contributed by atoms with Gasteiger partial charge in [0, 0.05) is 0 Å². The fourth-order valence-corrected chi connectivity index (χ4v) is 3.07. The lowest BCUT2D eigenvalue weighted by Crippen LogP contribution is -2.33. The zero-order valence-corrected chi connectivity index (χ0v) is 14.4. The van der Waals surface area contributed by atoms with E-state index in [-0.39, 0.29) is 0 Å². The lowest BCUT2D eigenvalue weighted by atomic mass is 9.78. The van der Waals surface area contributed by atoms with Gasteiger partial charge in [0.2, 0.25) is 0 Å². The Morgan fingerprint density at radius 1 is 0.800 bits per heavy atom. The standard InChI is InChI=1S/C23H22O2/c1-23(22(24)25,21-10-6-3-7-11-21)17-16-18-12-14-20(15-13-18)19-8-4-2-5-9-19/h2-15H,16-17H2,1H3,(H,24,25). The minimum atomic E-state index is -0.876. The molecule has 0 aliphatic rings. The number of aryl methyl sites for hydroxylation is 1. The highest BCUT2D eigenvalue weighted by atomic mass is 16.4. The van der Waals surface area contributed by atoms with Gasteiger partial charge in [-0.15, -0.1) is 0 Å². The minimum absolute atomic E-state index is 0.566. The van der Waals surface area contributed by atoms with Crippen LogP contribution in [-0.2, 0) is 16.6 Å². The third kappa shape index (κ3) is 3.80. The van der Waals surface area contributed by atoms with E-state index in [4.69, 9.17) is 0 Å². The van der Waals surface area contributed by atoms with Crippen LogP contribution < -0.4 is 0 Å². The van der Waals surface area contributed by atoms with Crippen LogP contribution in [-0.4, -0.2) is 11.1 Å². The van der Waals surface area contributed by atoms with Crippen LogP contribution in [0.2, 0.25) is 0 Å². The zero-order valence-electron chi connectivity index (χ0n) is 14.4. The van der Waals surface area contributed by atoms with Gasteiger partial charge >= 0.3 is 5.97 Å². The van der Waals surface area contributed by atoms with Crippen molar-refractivity contribution in [2.24, 2.45) is 0 Å². The van der Waals surface area contributed by atoms with Crippen molar-refractivity contribution < 1.29 is 9.90 Å². The third-order valence-electron chi connectivity index (χ3n) is 4.86. The number of benzene rings is 3. The summed E-state index contributed by atoms with van der Waals surface area (Å²) < 4.78 is 0. The number of carboxylic acid groups (broad SMARTS) is 1. The lowest BCUT2D eigenvalue weighted by molar-refractivity contribution is -0.143. The SMILES string of the molecule is CC(CCc1ccc(-c2ccccc2)cc1)(C(=O)O)c1ccccc1. The van der Waals surface area contributed by atoms with Crippen LogP contribution in [0.15, 0.2) is 84.9 Å². The van der Waals surface area contributed by atoms with Gasteiger partial charge in [0.15, 0.2) is 0 Å². The number of rotatable bonds is 6. The average Bonchev–Trinajstić information content (AvgIpc) is 2.68. The van der Waals surface area contributed by atoms with Crippen LogP contribution >= 0.6 is 0 Å². The topological polar surface area (TPSA) is 37.3 Å². The molecule has 0 heterocycles. The normalized spacial score (nSPS) is 13.2. The van der Waals surface area contributed by atoms with Gasteiger partial charge in [0.1, 0.15) is 0 Å². The molecule has 3 rings (SSSR count). The average molecular weight is 330 g/mol. The van der Waals surface area contributed by atoms with Crippen molar-refractivity contribution in [1.82, 2.24) is 0 Å². The summed E-state index contributed by atoms with van der Waals surface area (Å²) in [6.07, 6.45) is 1.30. The molecule has 2 nitrogen and oxygen atoms in total. The summed E-state index contributed by atoms with van der Waals surface area (Å²) in [5, 5.41) is 9.76. The van der Waals surface area contributed by atoms with Crippen molar-refractivity contribution in [3.8, 4) is 11.1 Å². The van der Waals surface area contributed by atoms with Gasteiger partial charge < -0.3 is 5.11 Å². The predicted octanol–water partition coefficient (Wildman–Crippen LogP) is 5.33. The number of carboxylic acids is 1. The van der Waals surface area contributed by atoms with E-state index in [0.717, 1.165) is 17.5 Å². The van der Waals surface area contributed by atoms with E-state index in [1.807, 2.05) is 55.5 Å². The van der Waals surface area contributed by atoms with Gasteiger partial charge in [-0.3, -0.25) is 4.79 Å². The van der Waals surface area contributed by atoms with E-state index in [1.165, 1.54) is 11.1 Å². The van der Waals surface area contributed by atoms with E-state index in [1.54, 1.807) is 0 Å². The first-order valence-corrected chi connectivity index (χ1v) is 8.53. The zero-order chi connectivity index (χ0) is 17.7. The molecule has 3 aromatic carbocycles. The van der Waals surface area contributed by atoms with Crippen LogP contribution in [0.25, 0.3) is 11.1 Å². The largest absolute Gasteiger partial charge is 0.481 e. The number of hydrogen-bond acceptors (Lipinski definition) is 1. The van der Waals surface area contributed by atoms with Crippen molar-refractivity contribution in [2.45, 2.75) is 25.2 Å². The molecule has 0 spiro atoms. The molecular weight excluding hydrogens is 308 g/mol. The third-order valence-corrected chi connectivity index (χ3v) is 4.86. The first-order chi connectivity index (χ1) is 12.1. The molecule has 0 fully saturated rings. The lowest BCUT2D eigenvalue weighted by Gasteiger charge is -2.25. The highest BCUT2D eigenvalue weighted by Gasteiger charge is 2.34. The maximum absolute atomic E-state index is 11.9. The molecule has 0 saturated heterocycles. The second kappa shape index (κ2) is 7.35. The van der Waals surface area contributed by atoms with Gasteiger partial charge in [-0.25, -0.2) is 0 Å². The molecule has 25 heavy (non-hydrogen) atoms. The van der Waals surface area contributed by atoms with Crippen LogP contribution in [0, 0.1) is 0 Å². The Morgan fingerprint density at radius 3 is 1.88 bits per heavy atom. The molecule has 0 aromatic heterocycles. The molecule has 2 heteroatoms. The van der Waals surface area contributed by atoms with E-state index in [0.29, 0.717) is 6.42 Å². The molecule has 0 aliphatic heterocycles. The fraction of sp³-hybridized carbons (Fsp3) is 0.174. The molecule has 1 atom stereocenters. The minimum Gasteiger partial charge on any atom is -0.481 e. The number of carbonyl (C=O) groups is 1. The van der Waals surface area contributed by atoms with Gasteiger partial charge in [-0.05, 0) is 42.0 Å². The van der Waals surface area contributed by atoms with Crippen LogP contribution in [0.4, 0.5) is 0 Å². The van der Waals surface area contributed by atoms with Crippen molar-refractivity contribution in [3.63, 3.8) is 0 Å². The Labute approximate surface area is 148 Å². The molecule has 0 amide bonds. The van der Waals surface area contributed by atoms with Gasteiger partial charge in [-0.2, -0.15) is 0 Å². The smallest absolute Gasteiger partial charge is 0.313 e. The van der Waals surface area contributed by atoms with E-state index in [2.05, 4.69) is 36.4 Å². The maximum Gasteiger partial charge on any atom is 0.313 e. The molecule has 0 saturated carbocycles. The van der Waals surface area contributed by atoms with Crippen LogP contribution in [0.5, 0.6) is 0 Å². The molecule has 0 radical (unpaired) electrons. The second-order valence-corrected chi connectivity index (χ2v) is 6.57. The summed E-state index contributed by atoms with van der Waals surface area (Å²) in [6, 6.07) is 28.1. The molecule has 0 bridgehead atoms. The summed E-state index contributed by atoms with van der Waals surface area (Å²) in [5.41, 5.74) is 3.49. The Bertz CT molecular complexity index is 823.